The quantitative estimate of drug-likeness (QED) is 0.679. The van der Waals surface area contributed by atoms with Crippen molar-refractivity contribution in [2.75, 3.05) is 6.54 Å². The number of ether oxygens (including phenoxy) is 1. The van der Waals surface area contributed by atoms with Gasteiger partial charge in [-0.2, -0.15) is 0 Å². The molecule has 0 saturated heterocycles. The Morgan fingerprint density at radius 3 is 2.72 bits per heavy atom. The van der Waals surface area contributed by atoms with Crippen LogP contribution in [-0.4, -0.2) is 23.5 Å². The maximum Gasteiger partial charge on any atom is 0.260 e. The molecule has 0 bridgehead atoms. The van der Waals surface area contributed by atoms with E-state index < -0.39 is 6.10 Å². The van der Waals surface area contributed by atoms with Crippen LogP contribution in [0.2, 0.25) is 0 Å². The molecular weight excluding hydrogens is 380 g/mol. The van der Waals surface area contributed by atoms with Crippen molar-refractivity contribution in [2.45, 2.75) is 19.4 Å². The molecule has 0 spiro atoms. The Kier molecular flexibility index (Phi) is 5.66. The van der Waals surface area contributed by atoms with E-state index in [1.165, 1.54) is 0 Å². The summed E-state index contributed by atoms with van der Waals surface area (Å²) in [6.07, 6.45) is 1.97. The highest BCUT2D eigenvalue weighted by atomic mass is 79.9. The predicted octanol–water partition coefficient (Wildman–Crippen LogP) is 4.12. The number of hydrogen-bond acceptors (Lipinski definition) is 3. The number of hydrogen-bond donors (Lipinski definition) is 1. The van der Waals surface area contributed by atoms with E-state index in [-0.39, 0.29) is 5.91 Å². The number of fused-ring (bicyclic) bond motifs is 1. The second-order valence-corrected chi connectivity index (χ2v) is 6.66. The van der Waals surface area contributed by atoms with Crippen molar-refractivity contribution in [1.82, 2.24) is 10.3 Å². The first-order valence-electron chi connectivity index (χ1n) is 8.16. The molecule has 0 radical (unpaired) electrons. The van der Waals surface area contributed by atoms with E-state index >= 15 is 0 Å². The summed E-state index contributed by atoms with van der Waals surface area (Å²) in [6, 6.07) is 17.5. The van der Waals surface area contributed by atoms with Gasteiger partial charge in [-0.25, -0.2) is 0 Å². The summed E-state index contributed by atoms with van der Waals surface area (Å²) in [5.41, 5.74) is 2.11. The molecule has 3 rings (SSSR count). The van der Waals surface area contributed by atoms with E-state index in [9.17, 15) is 4.79 Å². The van der Waals surface area contributed by atoms with Crippen LogP contribution in [0, 0.1) is 0 Å². The molecule has 1 unspecified atom stereocenters. The van der Waals surface area contributed by atoms with Crippen molar-refractivity contribution in [2.24, 2.45) is 0 Å². The van der Waals surface area contributed by atoms with Gasteiger partial charge in [0.1, 0.15) is 5.75 Å². The van der Waals surface area contributed by atoms with Crippen LogP contribution in [0.15, 0.2) is 65.3 Å². The van der Waals surface area contributed by atoms with E-state index in [1.54, 1.807) is 13.1 Å². The molecule has 1 heterocycles. The van der Waals surface area contributed by atoms with Crippen LogP contribution in [-0.2, 0) is 11.2 Å². The van der Waals surface area contributed by atoms with Gasteiger partial charge in [-0.15, -0.1) is 0 Å². The number of rotatable bonds is 6. The molecule has 1 aromatic heterocycles. The van der Waals surface area contributed by atoms with Crippen LogP contribution in [0.3, 0.4) is 0 Å². The van der Waals surface area contributed by atoms with Crippen LogP contribution in [0.25, 0.3) is 10.9 Å². The Balaban J connectivity index is 1.54. The molecular formula is C20H19BrN2O2. The first-order chi connectivity index (χ1) is 12.1. The highest BCUT2D eigenvalue weighted by Crippen LogP contribution is 2.18. The Morgan fingerprint density at radius 1 is 1.16 bits per heavy atom. The molecule has 5 heteroatoms. The third-order valence-corrected chi connectivity index (χ3v) is 4.43. The van der Waals surface area contributed by atoms with Crippen molar-refractivity contribution >= 4 is 32.7 Å². The van der Waals surface area contributed by atoms with Gasteiger partial charge in [0.05, 0.1) is 5.52 Å². The lowest BCUT2D eigenvalue weighted by Crippen LogP contribution is -2.37. The SMILES string of the molecule is CC(Oc1ccc(Br)cc1)C(=O)NCCc1cccc2cccnc12. The standard InChI is InChI=1S/C20H19BrN2O2/c1-14(25-18-9-7-17(21)8-10-18)20(24)23-13-11-16-5-2-4-15-6-3-12-22-19(15)16/h2-10,12,14H,11,13H2,1H3,(H,23,24). The molecule has 1 amide bonds. The first-order valence-corrected chi connectivity index (χ1v) is 8.95. The van der Waals surface area contributed by atoms with Crippen LogP contribution in [0.4, 0.5) is 0 Å². The van der Waals surface area contributed by atoms with E-state index in [0.29, 0.717) is 12.3 Å². The molecule has 0 fully saturated rings. The van der Waals surface area contributed by atoms with Gasteiger partial charge in [0, 0.05) is 22.6 Å². The zero-order valence-electron chi connectivity index (χ0n) is 13.9. The van der Waals surface area contributed by atoms with Crippen LogP contribution >= 0.6 is 15.9 Å². The normalized spacial score (nSPS) is 11.9. The first kappa shape index (κ1) is 17.4. The fourth-order valence-electron chi connectivity index (χ4n) is 2.60. The second kappa shape index (κ2) is 8.12. The van der Waals surface area contributed by atoms with Gasteiger partial charge in [-0.1, -0.05) is 40.2 Å². The zero-order valence-corrected chi connectivity index (χ0v) is 15.5. The average molecular weight is 399 g/mol. The van der Waals surface area contributed by atoms with E-state index in [2.05, 4.69) is 26.2 Å². The summed E-state index contributed by atoms with van der Waals surface area (Å²) >= 11 is 3.37. The Labute approximate surface area is 155 Å². The Morgan fingerprint density at radius 2 is 1.92 bits per heavy atom. The molecule has 1 atom stereocenters. The van der Waals surface area contributed by atoms with Gasteiger partial charge in [-0.05, 0) is 49.2 Å². The second-order valence-electron chi connectivity index (χ2n) is 5.75. The third-order valence-electron chi connectivity index (χ3n) is 3.91. The topological polar surface area (TPSA) is 51.2 Å². The molecule has 0 saturated carbocycles. The lowest BCUT2D eigenvalue weighted by atomic mass is 10.1. The van der Waals surface area contributed by atoms with Gasteiger partial charge in [0.25, 0.3) is 5.91 Å². The zero-order chi connectivity index (χ0) is 17.6. The smallest absolute Gasteiger partial charge is 0.260 e. The van der Waals surface area contributed by atoms with Gasteiger partial charge in [-0.3, -0.25) is 9.78 Å². The van der Waals surface area contributed by atoms with E-state index in [0.717, 1.165) is 27.4 Å². The maximum absolute atomic E-state index is 12.2. The molecule has 25 heavy (non-hydrogen) atoms. The number of nitrogens with zero attached hydrogens (tertiary/aromatic N) is 1. The number of amides is 1. The summed E-state index contributed by atoms with van der Waals surface area (Å²) < 4.78 is 6.63. The van der Waals surface area contributed by atoms with Gasteiger partial charge >= 0.3 is 0 Å². The maximum atomic E-state index is 12.2. The Hall–Kier alpha value is -2.40. The molecule has 0 aliphatic rings. The average Bonchev–Trinajstić information content (AvgIpc) is 2.63. The fraction of sp³-hybridized carbons (Fsp3) is 0.200. The lowest BCUT2D eigenvalue weighted by Gasteiger charge is -2.15. The van der Waals surface area contributed by atoms with Crippen molar-refractivity contribution < 1.29 is 9.53 Å². The van der Waals surface area contributed by atoms with Gasteiger partial charge in [0.15, 0.2) is 6.10 Å². The number of carbonyl (C=O) groups is 1. The molecule has 0 aliphatic heterocycles. The van der Waals surface area contributed by atoms with Crippen LogP contribution in [0.5, 0.6) is 5.75 Å². The van der Waals surface area contributed by atoms with Crippen LogP contribution < -0.4 is 10.1 Å². The summed E-state index contributed by atoms with van der Waals surface area (Å²) in [5, 5.41) is 4.04. The molecule has 4 nitrogen and oxygen atoms in total. The summed E-state index contributed by atoms with van der Waals surface area (Å²) in [4.78, 5) is 16.6. The number of nitrogens with one attached hydrogen (secondary N) is 1. The van der Waals surface area contributed by atoms with Crippen LogP contribution in [0.1, 0.15) is 12.5 Å². The van der Waals surface area contributed by atoms with Gasteiger partial charge < -0.3 is 10.1 Å². The predicted molar refractivity (Wildman–Crippen MR) is 103 cm³/mol. The molecule has 1 N–H and O–H groups in total. The highest BCUT2D eigenvalue weighted by Gasteiger charge is 2.14. The number of carbonyl (C=O) groups excluding carboxylic acids is 1. The minimum Gasteiger partial charge on any atom is -0.481 e. The molecule has 0 aliphatic carbocycles. The minimum absolute atomic E-state index is 0.129. The van der Waals surface area contributed by atoms with Crippen molar-refractivity contribution in [3.8, 4) is 5.75 Å². The summed E-state index contributed by atoms with van der Waals surface area (Å²) in [7, 11) is 0. The largest absolute Gasteiger partial charge is 0.481 e. The minimum atomic E-state index is -0.549. The molecule has 3 aromatic rings. The van der Waals surface area contributed by atoms with Gasteiger partial charge in [0.2, 0.25) is 0 Å². The highest BCUT2D eigenvalue weighted by molar-refractivity contribution is 9.10. The van der Waals surface area contributed by atoms with Crippen molar-refractivity contribution in [3.05, 3.63) is 70.8 Å². The molecule has 2 aromatic carbocycles. The van der Waals surface area contributed by atoms with E-state index in [4.69, 9.17) is 4.74 Å². The molecule has 128 valence electrons. The monoisotopic (exact) mass is 398 g/mol. The summed E-state index contributed by atoms with van der Waals surface area (Å²) in [5.74, 6) is 0.542. The number of halogens is 1. The number of para-hydroxylation sites is 1. The number of benzene rings is 2. The fourth-order valence-corrected chi connectivity index (χ4v) is 2.87. The lowest BCUT2D eigenvalue weighted by molar-refractivity contribution is -0.127. The van der Waals surface area contributed by atoms with Crippen molar-refractivity contribution in [1.29, 1.82) is 0 Å². The summed E-state index contributed by atoms with van der Waals surface area (Å²) in [6.45, 7) is 2.29. The number of aromatic nitrogens is 1. The van der Waals surface area contributed by atoms with Crippen molar-refractivity contribution in [3.63, 3.8) is 0 Å². The third kappa shape index (κ3) is 4.57. The Bertz CT molecular complexity index is 860. The number of pyridine rings is 1. The van der Waals surface area contributed by atoms with E-state index in [1.807, 2.05) is 54.6 Å².